The molecular weight excluding hydrogens is 412 g/mol. The van der Waals surface area contributed by atoms with Gasteiger partial charge in [0, 0.05) is 37.9 Å². The molecule has 2 aromatic rings. The molecule has 0 spiro atoms. The lowest BCUT2D eigenvalue weighted by molar-refractivity contribution is 0.0525. The summed E-state index contributed by atoms with van der Waals surface area (Å²) in [5, 5.41) is 10.6. The average molecular weight is 447 g/mol. The molecule has 31 heavy (non-hydrogen) atoms. The highest BCUT2D eigenvalue weighted by Crippen LogP contribution is 2.22. The van der Waals surface area contributed by atoms with E-state index in [4.69, 9.17) is 4.74 Å². The Bertz CT molecular complexity index is 899. The first-order valence-corrected chi connectivity index (χ1v) is 12.9. The Morgan fingerprint density at radius 1 is 1.06 bits per heavy atom. The van der Waals surface area contributed by atoms with E-state index in [1.54, 1.807) is 0 Å². The number of sulfone groups is 1. The molecule has 0 amide bonds. The molecule has 6 nitrogen and oxygen atoms in total. The largest absolute Gasteiger partial charge is 0.491 e. The van der Waals surface area contributed by atoms with Crippen molar-refractivity contribution < 1.29 is 18.3 Å². The molecule has 1 fully saturated rings. The van der Waals surface area contributed by atoms with E-state index in [9.17, 15) is 13.5 Å². The highest BCUT2D eigenvalue weighted by Gasteiger charge is 2.33. The van der Waals surface area contributed by atoms with Crippen LogP contribution in [0.5, 0.6) is 5.75 Å². The molecule has 2 atom stereocenters. The van der Waals surface area contributed by atoms with E-state index in [2.05, 4.69) is 47.9 Å². The monoisotopic (exact) mass is 446 g/mol. The lowest BCUT2D eigenvalue weighted by Gasteiger charge is -2.30. The summed E-state index contributed by atoms with van der Waals surface area (Å²) < 4.78 is 29.8. The third-order valence-corrected chi connectivity index (χ3v) is 7.56. The fraction of sp³-hybridized carbons (Fsp3) is 0.500. The van der Waals surface area contributed by atoms with Crippen LogP contribution in [0, 0.1) is 0 Å². The van der Waals surface area contributed by atoms with Gasteiger partial charge in [-0.2, -0.15) is 0 Å². The van der Waals surface area contributed by atoms with E-state index in [0.717, 1.165) is 18.7 Å². The molecular formula is C24H34N2O4S. The van der Waals surface area contributed by atoms with Crippen molar-refractivity contribution in [2.75, 3.05) is 42.6 Å². The summed E-state index contributed by atoms with van der Waals surface area (Å²) in [4.78, 5) is 4.38. The van der Waals surface area contributed by atoms with Gasteiger partial charge in [0.1, 0.15) is 18.5 Å². The second-order valence-electron chi connectivity index (χ2n) is 8.10. The van der Waals surface area contributed by atoms with Crippen molar-refractivity contribution in [3.8, 4) is 5.75 Å². The van der Waals surface area contributed by atoms with Gasteiger partial charge in [-0.05, 0) is 50.1 Å². The van der Waals surface area contributed by atoms with Crippen molar-refractivity contribution in [2.45, 2.75) is 39.0 Å². The summed E-state index contributed by atoms with van der Waals surface area (Å²) >= 11 is 0. The first kappa shape index (κ1) is 23.6. The third kappa shape index (κ3) is 6.95. The minimum Gasteiger partial charge on any atom is -0.491 e. The maximum absolute atomic E-state index is 12.1. The van der Waals surface area contributed by atoms with E-state index >= 15 is 0 Å². The Morgan fingerprint density at radius 3 is 2.32 bits per heavy atom. The molecule has 1 aliphatic heterocycles. The predicted molar refractivity (Wildman–Crippen MR) is 125 cm³/mol. The quantitative estimate of drug-likeness (QED) is 0.572. The van der Waals surface area contributed by atoms with Gasteiger partial charge in [-0.15, -0.1) is 0 Å². The van der Waals surface area contributed by atoms with E-state index < -0.39 is 15.9 Å². The van der Waals surface area contributed by atoms with Gasteiger partial charge in [0.2, 0.25) is 0 Å². The SMILES string of the molecule is CCN(CC)c1ccc(CN(CC(O)COc2ccccc2)C2CCS(=O)(=O)C2)cc1. The number of hydrogen-bond donors (Lipinski definition) is 1. The van der Waals surface area contributed by atoms with Crippen LogP contribution in [0.2, 0.25) is 0 Å². The number of para-hydroxylation sites is 1. The van der Waals surface area contributed by atoms with Crippen LogP contribution in [0.4, 0.5) is 5.69 Å². The fourth-order valence-electron chi connectivity index (χ4n) is 4.07. The third-order valence-electron chi connectivity index (χ3n) is 5.81. The van der Waals surface area contributed by atoms with Crippen molar-refractivity contribution in [1.82, 2.24) is 4.90 Å². The number of nitrogens with zero attached hydrogens (tertiary/aromatic N) is 2. The molecule has 0 radical (unpaired) electrons. The standard InChI is InChI=1S/C24H34N2O4S/c1-3-25(4-2)21-12-10-20(11-13-21)16-26(22-14-15-31(28,29)19-22)17-23(27)18-30-24-8-6-5-7-9-24/h5-13,22-23,27H,3-4,14-19H2,1-2H3. The molecule has 0 saturated carbocycles. The van der Waals surface area contributed by atoms with Crippen molar-refractivity contribution in [2.24, 2.45) is 0 Å². The Hall–Kier alpha value is -2.09. The number of benzene rings is 2. The van der Waals surface area contributed by atoms with Crippen molar-refractivity contribution in [1.29, 1.82) is 0 Å². The summed E-state index contributed by atoms with van der Waals surface area (Å²) in [5.74, 6) is 1.08. The van der Waals surface area contributed by atoms with Gasteiger partial charge in [-0.1, -0.05) is 30.3 Å². The van der Waals surface area contributed by atoms with Crippen molar-refractivity contribution in [3.05, 3.63) is 60.2 Å². The number of aliphatic hydroxyl groups is 1. The highest BCUT2D eigenvalue weighted by atomic mass is 32.2. The molecule has 7 heteroatoms. The van der Waals surface area contributed by atoms with Crippen LogP contribution < -0.4 is 9.64 Å². The van der Waals surface area contributed by atoms with Gasteiger partial charge in [0.15, 0.2) is 9.84 Å². The fourth-order valence-corrected chi connectivity index (χ4v) is 5.84. The van der Waals surface area contributed by atoms with Crippen LogP contribution in [0.1, 0.15) is 25.8 Å². The number of ether oxygens (including phenoxy) is 1. The molecule has 1 aliphatic rings. The number of hydrogen-bond acceptors (Lipinski definition) is 6. The average Bonchev–Trinajstić information content (AvgIpc) is 3.14. The smallest absolute Gasteiger partial charge is 0.151 e. The lowest BCUT2D eigenvalue weighted by Crippen LogP contribution is -2.42. The van der Waals surface area contributed by atoms with Crippen molar-refractivity contribution >= 4 is 15.5 Å². The second kappa shape index (κ2) is 11.0. The number of anilines is 1. The number of rotatable bonds is 11. The zero-order valence-corrected chi connectivity index (χ0v) is 19.3. The van der Waals surface area contributed by atoms with Gasteiger partial charge < -0.3 is 14.7 Å². The first-order chi connectivity index (χ1) is 14.9. The first-order valence-electron chi connectivity index (χ1n) is 11.0. The van der Waals surface area contributed by atoms with E-state index in [-0.39, 0.29) is 24.2 Å². The summed E-state index contributed by atoms with van der Waals surface area (Å²) in [5.41, 5.74) is 2.29. The van der Waals surface area contributed by atoms with Crippen LogP contribution in [-0.2, 0) is 16.4 Å². The second-order valence-corrected chi connectivity index (χ2v) is 10.3. The molecule has 170 valence electrons. The summed E-state index contributed by atoms with van der Waals surface area (Å²) in [6.45, 7) is 7.31. The van der Waals surface area contributed by atoms with Crippen LogP contribution in [0.25, 0.3) is 0 Å². The van der Waals surface area contributed by atoms with Crippen molar-refractivity contribution in [3.63, 3.8) is 0 Å². The number of aliphatic hydroxyl groups excluding tert-OH is 1. The van der Waals surface area contributed by atoms with Gasteiger partial charge in [0.25, 0.3) is 0 Å². The Labute approximate surface area is 186 Å². The molecule has 3 rings (SSSR count). The Kier molecular flexibility index (Phi) is 8.35. The van der Waals surface area contributed by atoms with Gasteiger partial charge in [-0.25, -0.2) is 8.42 Å². The minimum absolute atomic E-state index is 0.0844. The van der Waals surface area contributed by atoms with Gasteiger partial charge >= 0.3 is 0 Å². The molecule has 0 aliphatic carbocycles. The molecule has 1 saturated heterocycles. The summed E-state index contributed by atoms with van der Waals surface area (Å²) in [7, 11) is -3.01. The maximum Gasteiger partial charge on any atom is 0.151 e. The Balaban J connectivity index is 1.66. The molecule has 1 N–H and O–H groups in total. The highest BCUT2D eigenvalue weighted by molar-refractivity contribution is 7.91. The summed E-state index contributed by atoms with van der Waals surface area (Å²) in [6.07, 6.45) is -0.106. The zero-order valence-electron chi connectivity index (χ0n) is 18.5. The van der Waals surface area contributed by atoms with Crippen LogP contribution in [-0.4, -0.2) is 68.3 Å². The van der Waals surface area contributed by atoms with E-state index in [1.165, 1.54) is 5.69 Å². The molecule has 2 unspecified atom stereocenters. The van der Waals surface area contributed by atoms with Crippen LogP contribution >= 0.6 is 0 Å². The van der Waals surface area contributed by atoms with Gasteiger partial charge in [-0.3, -0.25) is 4.90 Å². The normalized spacial score (nSPS) is 18.8. The lowest BCUT2D eigenvalue weighted by atomic mass is 10.1. The minimum atomic E-state index is -3.01. The molecule has 2 aromatic carbocycles. The predicted octanol–water partition coefficient (Wildman–Crippen LogP) is 2.96. The topological polar surface area (TPSA) is 70.1 Å². The molecule has 1 heterocycles. The van der Waals surface area contributed by atoms with Gasteiger partial charge in [0.05, 0.1) is 11.5 Å². The van der Waals surface area contributed by atoms with Crippen LogP contribution in [0.15, 0.2) is 54.6 Å². The maximum atomic E-state index is 12.1. The van der Waals surface area contributed by atoms with E-state index in [0.29, 0.717) is 25.3 Å². The molecule has 0 bridgehead atoms. The molecule has 0 aromatic heterocycles. The summed E-state index contributed by atoms with van der Waals surface area (Å²) in [6, 6.07) is 17.7. The Morgan fingerprint density at radius 2 is 1.74 bits per heavy atom. The zero-order chi connectivity index (χ0) is 22.3. The van der Waals surface area contributed by atoms with E-state index in [1.807, 2.05) is 30.3 Å². The van der Waals surface area contributed by atoms with Crippen LogP contribution in [0.3, 0.4) is 0 Å².